The van der Waals surface area contributed by atoms with Gasteiger partial charge in [-0.25, -0.2) is 4.98 Å². The normalized spacial score (nSPS) is 20.4. The number of nitrogens with one attached hydrogen (secondary N) is 1. The fourth-order valence-corrected chi connectivity index (χ4v) is 2.39. The molecular formula is C14H21N3O2. The van der Waals surface area contributed by atoms with E-state index < -0.39 is 0 Å². The van der Waals surface area contributed by atoms with Crippen LogP contribution >= 0.6 is 0 Å². The van der Waals surface area contributed by atoms with Gasteiger partial charge in [-0.05, 0) is 32.4 Å². The lowest BCUT2D eigenvalue weighted by atomic mass is 10.0. The van der Waals surface area contributed by atoms with Crippen molar-refractivity contribution in [3.63, 3.8) is 0 Å². The van der Waals surface area contributed by atoms with E-state index in [2.05, 4.69) is 10.3 Å². The molecule has 0 aromatic carbocycles. The fourth-order valence-electron chi connectivity index (χ4n) is 2.39. The van der Waals surface area contributed by atoms with Crippen LogP contribution in [0.5, 0.6) is 0 Å². The Morgan fingerprint density at radius 2 is 2.47 bits per heavy atom. The SMILES string of the molecule is CCNc1cc(C(=O)N2CCC(C(C)O)C2)ccn1. The molecule has 0 radical (unpaired) electrons. The number of hydrogen-bond acceptors (Lipinski definition) is 4. The summed E-state index contributed by atoms with van der Waals surface area (Å²) in [5.41, 5.74) is 0.650. The molecule has 1 aliphatic rings. The average Bonchev–Trinajstić information content (AvgIpc) is 2.88. The first-order chi connectivity index (χ1) is 9.11. The van der Waals surface area contributed by atoms with Crippen LogP contribution in [0.3, 0.4) is 0 Å². The highest BCUT2D eigenvalue weighted by atomic mass is 16.3. The van der Waals surface area contributed by atoms with E-state index in [1.165, 1.54) is 0 Å². The third-order valence-electron chi connectivity index (χ3n) is 3.56. The second-order valence-electron chi connectivity index (χ2n) is 5.00. The van der Waals surface area contributed by atoms with E-state index in [1.54, 1.807) is 25.3 Å². The Morgan fingerprint density at radius 1 is 1.68 bits per heavy atom. The molecule has 1 amide bonds. The summed E-state index contributed by atoms with van der Waals surface area (Å²) in [5.74, 6) is 0.934. The van der Waals surface area contributed by atoms with E-state index in [-0.39, 0.29) is 17.9 Å². The molecule has 104 valence electrons. The summed E-state index contributed by atoms with van der Waals surface area (Å²) in [4.78, 5) is 18.3. The summed E-state index contributed by atoms with van der Waals surface area (Å²) in [7, 11) is 0. The maximum atomic E-state index is 12.4. The van der Waals surface area contributed by atoms with Crippen molar-refractivity contribution in [3.05, 3.63) is 23.9 Å². The molecule has 5 nitrogen and oxygen atoms in total. The zero-order chi connectivity index (χ0) is 13.8. The summed E-state index contributed by atoms with van der Waals surface area (Å²) in [6, 6.07) is 3.51. The Morgan fingerprint density at radius 3 is 3.11 bits per heavy atom. The molecule has 19 heavy (non-hydrogen) atoms. The number of carbonyl (C=O) groups is 1. The van der Waals surface area contributed by atoms with Gasteiger partial charge in [0.1, 0.15) is 5.82 Å². The number of anilines is 1. The zero-order valence-corrected chi connectivity index (χ0v) is 11.5. The largest absolute Gasteiger partial charge is 0.393 e. The minimum atomic E-state index is -0.354. The Bertz CT molecular complexity index is 448. The minimum absolute atomic E-state index is 0.0182. The van der Waals surface area contributed by atoms with Crippen molar-refractivity contribution >= 4 is 11.7 Å². The summed E-state index contributed by atoms with van der Waals surface area (Å²) in [6.07, 6.45) is 2.16. The Balaban J connectivity index is 2.06. The lowest BCUT2D eigenvalue weighted by Gasteiger charge is -2.18. The molecule has 0 bridgehead atoms. The molecule has 2 rings (SSSR count). The first-order valence-electron chi connectivity index (χ1n) is 6.79. The Labute approximate surface area is 113 Å². The fraction of sp³-hybridized carbons (Fsp3) is 0.571. The van der Waals surface area contributed by atoms with E-state index >= 15 is 0 Å². The van der Waals surface area contributed by atoms with Gasteiger partial charge in [0, 0.05) is 37.3 Å². The molecule has 0 saturated carbocycles. The monoisotopic (exact) mass is 263 g/mol. The van der Waals surface area contributed by atoms with Gasteiger partial charge in [-0.2, -0.15) is 0 Å². The molecule has 1 saturated heterocycles. The van der Waals surface area contributed by atoms with Crippen LogP contribution in [0.25, 0.3) is 0 Å². The Hall–Kier alpha value is -1.62. The molecule has 0 aliphatic carbocycles. The molecule has 1 aromatic rings. The van der Waals surface area contributed by atoms with E-state index in [9.17, 15) is 9.90 Å². The van der Waals surface area contributed by atoms with Gasteiger partial charge in [-0.3, -0.25) is 4.79 Å². The number of amides is 1. The van der Waals surface area contributed by atoms with Crippen LogP contribution in [0.4, 0.5) is 5.82 Å². The van der Waals surface area contributed by atoms with Gasteiger partial charge >= 0.3 is 0 Å². The standard InChI is InChI=1S/C14H21N3O2/c1-3-15-13-8-11(4-6-16-13)14(19)17-7-5-12(9-17)10(2)18/h4,6,8,10,12,18H,3,5,7,9H2,1-2H3,(H,15,16). The van der Waals surface area contributed by atoms with Crippen LogP contribution < -0.4 is 5.32 Å². The highest BCUT2D eigenvalue weighted by molar-refractivity contribution is 5.95. The number of aliphatic hydroxyl groups is 1. The van der Waals surface area contributed by atoms with E-state index in [0.29, 0.717) is 18.7 Å². The second-order valence-corrected chi connectivity index (χ2v) is 5.00. The van der Waals surface area contributed by atoms with Crippen LogP contribution in [0.15, 0.2) is 18.3 Å². The van der Waals surface area contributed by atoms with Gasteiger partial charge < -0.3 is 15.3 Å². The minimum Gasteiger partial charge on any atom is -0.393 e. The number of rotatable bonds is 4. The number of nitrogens with zero attached hydrogens (tertiary/aromatic N) is 2. The van der Waals surface area contributed by atoms with Crippen LogP contribution in [0.1, 0.15) is 30.6 Å². The van der Waals surface area contributed by atoms with Crippen molar-refractivity contribution in [1.82, 2.24) is 9.88 Å². The predicted octanol–water partition coefficient (Wildman–Crippen LogP) is 1.36. The van der Waals surface area contributed by atoms with Gasteiger partial charge in [0.2, 0.25) is 0 Å². The highest BCUT2D eigenvalue weighted by Gasteiger charge is 2.29. The highest BCUT2D eigenvalue weighted by Crippen LogP contribution is 2.22. The first-order valence-corrected chi connectivity index (χ1v) is 6.79. The maximum absolute atomic E-state index is 12.4. The number of likely N-dealkylation sites (tertiary alicyclic amines) is 1. The summed E-state index contributed by atoms with van der Waals surface area (Å²) in [5, 5.41) is 12.7. The van der Waals surface area contributed by atoms with E-state index in [0.717, 1.165) is 18.8 Å². The molecule has 2 heterocycles. The van der Waals surface area contributed by atoms with Crippen molar-refractivity contribution < 1.29 is 9.90 Å². The number of hydrogen-bond donors (Lipinski definition) is 2. The quantitative estimate of drug-likeness (QED) is 0.860. The van der Waals surface area contributed by atoms with E-state index in [4.69, 9.17) is 0 Å². The number of aromatic nitrogens is 1. The third-order valence-corrected chi connectivity index (χ3v) is 3.56. The number of carbonyl (C=O) groups excluding carboxylic acids is 1. The maximum Gasteiger partial charge on any atom is 0.254 e. The molecule has 1 fully saturated rings. The van der Waals surface area contributed by atoms with Crippen LogP contribution in [0, 0.1) is 5.92 Å². The van der Waals surface area contributed by atoms with Crippen molar-refractivity contribution in [2.75, 3.05) is 25.0 Å². The molecule has 1 aromatic heterocycles. The van der Waals surface area contributed by atoms with Gasteiger partial charge in [-0.15, -0.1) is 0 Å². The molecule has 0 spiro atoms. The molecule has 5 heteroatoms. The molecule has 2 N–H and O–H groups in total. The van der Waals surface area contributed by atoms with Gasteiger partial charge in [0.15, 0.2) is 0 Å². The van der Waals surface area contributed by atoms with Crippen molar-refractivity contribution in [2.24, 2.45) is 5.92 Å². The van der Waals surface area contributed by atoms with Gasteiger partial charge in [0.05, 0.1) is 6.10 Å². The van der Waals surface area contributed by atoms with Crippen LogP contribution in [-0.4, -0.2) is 46.6 Å². The zero-order valence-electron chi connectivity index (χ0n) is 11.5. The lowest BCUT2D eigenvalue weighted by molar-refractivity contribution is 0.0762. The number of aliphatic hydroxyl groups excluding tert-OH is 1. The molecular weight excluding hydrogens is 242 g/mol. The lowest BCUT2D eigenvalue weighted by Crippen LogP contribution is -2.30. The Kier molecular flexibility index (Phi) is 4.37. The summed E-state index contributed by atoms with van der Waals surface area (Å²) in [6.45, 7) is 5.90. The van der Waals surface area contributed by atoms with E-state index in [1.807, 2.05) is 11.8 Å². The molecule has 1 aliphatic heterocycles. The van der Waals surface area contributed by atoms with Crippen molar-refractivity contribution in [1.29, 1.82) is 0 Å². The number of pyridine rings is 1. The van der Waals surface area contributed by atoms with Crippen molar-refractivity contribution in [3.8, 4) is 0 Å². The molecule has 2 unspecified atom stereocenters. The van der Waals surface area contributed by atoms with Crippen LogP contribution in [-0.2, 0) is 0 Å². The second kappa shape index (κ2) is 6.02. The van der Waals surface area contributed by atoms with Crippen molar-refractivity contribution in [2.45, 2.75) is 26.4 Å². The smallest absolute Gasteiger partial charge is 0.254 e. The topological polar surface area (TPSA) is 65.5 Å². The summed E-state index contributed by atoms with van der Waals surface area (Å²) < 4.78 is 0. The third kappa shape index (κ3) is 3.23. The van der Waals surface area contributed by atoms with Crippen LogP contribution in [0.2, 0.25) is 0 Å². The molecule has 2 atom stereocenters. The summed E-state index contributed by atoms with van der Waals surface area (Å²) >= 11 is 0. The van der Waals surface area contributed by atoms with Gasteiger partial charge in [0.25, 0.3) is 5.91 Å². The predicted molar refractivity (Wildman–Crippen MR) is 74.1 cm³/mol. The first kappa shape index (κ1) is 13.8. The average molecular weight is 263 g/mol. The van der Waals surface area contributed by atoms with Gasteiger partial charge in [-0.1, -0.05) is 0 Å².